The molecule has 0 aliphatic heterocycles. The van der Waals surface area contributed by atoms with Crippen molar-refractivity contribution < 1.29 is 17.6 Å². The molecule has 0 radical (unpaired) electrons. The van der Waals surface area contributed by atoms with Crippen LogP contribution in [0.2, 0.25) is 0 Å². The summed E-state index contributed by atoms with van der Waals surface area (Å²) in [6, 6.07) is 7.06. The maximum Gasteiger partial charge on any atom is 0.300 e. The molecule has 7 nitrogen and oxygen atoms in total. The Kier molecular flexibility index (Phi) is 4.25. The zero-order valence-corrected chi connectivity index (χ0v) is 14.4. The van der Waals surface area contributed by atoms with Crippen LogP contribution in [0.5, 0.6) is 5.75 Å². The summed E-state index contributed by atoms with van der Waals surface area (Å²) >= 11 is 0. The Bertz CT molecular complexity index is 996. The fourth-order valence-corrected chi connectivity index (χ4v) is 2.63. The van der Waals surface area contributed by atoms with Crippen LogP contribution in [0.1, 0.15) is 12.6 Å². The fourth-order valence-electron chi connectivity index (χ4n) is 2.43. The van der Waals surface area contributed by atoms with E-state index in [0.29, 0.717) is 0 Å². The van der Waals surface area contributed by atoms with E-state index in [1.807, 2.05) is 26.2 Å². The van der Waals surface area contributed by atoms with E-state index in [1.165, 1.54) is 0 Å². The fraction of sp³-hybridized carbons (Fsp3) is 0.250. The summed E-state index contributed by atoms with van der Waals surface area (Å²) in [5.41, 5.74) is 3.73. The number of benzene rings is 1. The van der Waals surface area contributed by atoms with Gasteiger partial charge in [0.1, 0.15) is 0 Å². The molecule has 0 aliphatic carbocycles. The van der Waals surface area contributed by atoms with Gasteiger partial charge in [0, 0.05) is 35.5 Å². The number of hydrogen-bond donors (Lipinski definition) is 0. The number of rotatable bonds is 5. The molecule has 0 unspecified atom stereocenters. The highest BCUT2D eigenvalue weighted by atomic mass is 32.2. The third kappa shape index (κ3) is 3.55. The van der Waals surface area contributed by atoms with E-state index in [9.17, 15) is 8.42 Å². The van der Waals surface area contributed by atoms with Gasteiger partial charge in [0.05, 0.1) is 18.0 Å². The van der Waals surface area contributed by atoms with Crippen molar-refractivity contribution in [3.8, 4) is 16.9 Å². The van der Waals surface area contributed by atoms with Crippen molar-refractivity contribution in [1.82, 2.24) is 14.8 Å². The standard InChI is InChI=1S/C16H17N3O4S/c1-4-15-14(12-9-17-19(2)10-12)8-11-7-13(5-6-16(11)18-15)22-23-24(3,20)21/h5-10H,4H2,1-3H3. The Labute approximate surface area is 139 Å². The average molecular weight is 347 g/mol. The van der Waals surface area contributed by atoms with Gasteiger partial charge in [0.2, 0.25) is 0 Å². The zero-order valence-electron chi connectivity index (χ0n) is 13.6. The van der Waals surface area contributed by atoms with Gasteiger partial charge in [-0.05, 0) is 30.7 Å². The molecule has 3 aromatic rings. The minimum atomic E-state index is -3.68. The number of aromatic nitrogens is 3. The van der Waals surface area contributed by atoms with Gasteiger partial charge in [0.15, 0.2) is 5.75 Å². The number of nitrogens with zero attached hydrogens (tertiary/aromatic N) is 3. The molecule has 0 spiro atoms. The van der Waals surface area contributed by atoms with E-state index in [1.54, 1.807) is 29.1 Å². The quantitative estimate of drug-likeness (QED) is 0.521. The molecule has 3 rings (SSSR count). The maximum atomic E-state index is 11.0. The summed E-state index contributed by atoms with van der Waals surface area (Å²) in [6.45, 7) is 2.05. The average Bonchev–Trinajstić information content (AvgIpc) is 2.97. The van der Waals surface area contributed by atoms with Gasteiger partial charge in [-0.25, -0.2) is 0 Å². The van der Waals surface area contributed by atoms with Crippen molar-refractivity contribution in [2.45, 2.75) is 13.3 Å². The van der Waals surface area contributed by atoms with Crippen LogP contribution in [0, 0.1) is 0 Å². The SMILES string of the molecule is CCc1nc2ccc(OOS(C)(=O)=O)cc2cc1-c1cnn(C)c1. The number of pyridine rings is 1. The van der Waals surface area contributed by atoms with Crippen molar-refractivity contribution in [2.75, 3.05) is 6.26 Å². The van der Waals surface area contributed by atoms with Gasteiger partial charge in [-0.15, -0.1) is 0 Å². The molecule has 0 saturated heterocycles. The maximum absolute atomic E-state index is 11.0. The number of hydrogen-bond acceptors (Lipinski definition) is 6. The van der Waals surface area contributed by atoms with Gasteiger partial charge in [-0.2, -0.15) is 13.5 Å². The van der Waals surface area contributed by atoms with Crippen LogP contribution < -0.4 is 4.89 Å². The largest absolute Gasteiger partial charge is 0.321 e. The van der Waals surface area contributed by atoms with Crippen LogP contribution in [0.15, 0.2) is 36.7 Å². The summed E-state index contributed by atoms with van der Waals surface area (Å²) in [7, 11) is -1.82. The van der Waals surface area contributed by atoms with Crippen LogP contribution in [-0.2, 0) is 27.9 Å². The molecule has 0 aliphatic rings. The molecule has 24 heavy (non-hydrogen) atoms. The minimum absolute atomic E-state index is 0.288. The molecule has 0 atom stereocenters. The van der Waals surface area contributed by atoms with Crippen LogP contribution in [0.3, 0.4) is 0 Å². The second kappa shape index (κ2) is 6.21. The Morgan fingerprint density at radius 1 is 1.25 bits per heavy atom. The van der Waals surface area contributed by atoms with E-state index in [-0.39, 0.29) is 5.75 Å². The van der Waals surface area contributed by atoms with Crippen molar-refractivity contribution >= 4 is 21.0 Å². The first kappa shape index (κ1) is 16.4. The van der Waals surface area contributed by atoms with Crippen molar-refractivity contribution in [3.05, 3.63) is 42.4 Å². The lowest BCUT2D eigenvalue weighted by Crippen LogP contribution is -2.06. The highest BCUT2D eigenvalue weighted by Gasteiger charge is 2.11. The molecule has 0 fully saturated rings. The molecular formula is C16H17N3O4S. The third-order valence-electron chi connectivity index (χ3n) is 3.47. The molecule has 2 heterocycles. The summed E-state index contributed by atoms with van der Waals surface area (Å²) in [5.74, 6) is 0.288. The van der Waals surface area contributed by atoms with Crippen LogP contribution in [-0.4, -0.2) is 29.4 Å². The van der Waals surface area contributed by atoms with Crippen LogP contribution >= 0.6 is 0 Å². The molecule has 2 aromatic heterocycles. The van der Waals surface area contributed by atoms with E-state index in [4.69, 9.17) is 4.89 Å². The second-order valence-corrected chi connectivity index (χ2v) is 6.99. The lowest BCUT2D eigenvalue weighted by atomic mass is 10.0. The Hall–Kier alpha value is -2.45. The topological polar surface area (TPSA) is 83.3 Å². The first-order chi connectivity index (χ1) is 11.4. The molecule has 126 valence electrons. The Balaban J connectivity index is 2.05. The third-order valence-corrected chi connectivity index (χ3v) is 3.78. The van der Waals surface area contributed by atoms with E-state index < -0.39 is 10.1 Å². The summed E-state index contributed by atoms with van der Waals surface area (Å²) in [6.07, 6.45) is 5.42. The Morgan fingerprint density at radius 2 is 2.04 bits per heavy atom. The molecule has 1 aromatic carbocycles. The zero-order chi connectivity index (χ0) is 17.3. The number of aryl methyl sites for hydroxylation is 2. The summed E-state index contributed by atoms with van der Waals surface area (Å²) in [4.78, 5) is 9.53. The van der Waals surface area contributed by atoms with Crippen molar-refractivity contribution in [2.24, 2.45) is 7.05 Å². The lowest BCUT2D eigenvalue weighted by molar-refractivity contribution is -0.0915. The van der Waals surface area contributed by atoms with Crippen molar-refractivity contribution in [3.63, 3.8) is 0 Å². The summed E-state index contributed by atoms with van der Waals surface area (Å²) < 4.78 is 28.1. The number of fused-ring (bicyclic) bond motifs is 1. The van der Waals surface area contributed by atoms with E-state index in [0.717, 1.165) is 40.4 Å². The first-order valence-electron chi connectivity index (χ1n) is 7.34. The van der Waals surface area contributed by atoms with Crippen molar-refractivity contribution in [1.29, 1.82) is 0 Å². The first-order valence-corrected chi connectivity index (χ1v) is 9.16. The predicted molar refractivity (Wildman–Crippen MR) is 89.9 cm³/mol. The molecular weight excluding hydrogens is 330 g/mol. The highest BCUT2D eigenvalue weighted by Crippen LogP contribution is 2.29. The van der Waals surface area contributed by atoms with Gasteiger partial charge in [-0.1, -0.05) is 11.3 Å². The normalized spacial score (nSPS) is 11.8. The monoisotopic (exact) mass is 347 g/mol. The highest BCUT2D eigenvalue weighted by molar-refractivity contribution is 7.85. The minimum Gasteiger partial charge on any atom is -0.321 e. The molecule has 0 bridgehead atoms. The summed E-state index contributed by atoms with van der Waals surface area (Å²) in [5, 5.41) is 5.02. The van der Waals surface area contributed by atoms with E-state index in [2.05, 4.69) is 14.4 Å². The molecule has 0 amide bonds. The molecule has 8 heteroatoms. The smallest absolute Gasteiger partial charge is 0.300 e. The molecule has 0 saturated carbocycles. The predicted octanol–water partition coefficient (Wildman–Crippen LogP) is 2.47. The van der Waals surface area contributed by atoms with Gasteiger partial charge < -0.3 is 4.89 Å². The second-order valence-electron chi connectivity index (χ2n) is 5.45. The van der Waals surface area contributed by atoms with Crippen LogP contribution in [0.4, 0.5) is 0 Å². The van der Waals surface area contributed by atoms with Gasteiger partial charge in [-0.3, -0.25) is 9.67 Å². The molecule has 0 N–H and O–H groups in total. The lowest BCUT2D eigenvalue weighted by Gasteiger charge is -2.09. The van der Waals surface area contributed by atoms with Gasteiger partial charge >= 0.3 is 0 Å². The Morgan fingerprint density at radius 3 is 2.67 bits per heavy atom. The van der Waals surface area contributed by atoms with Gasteiger partial charge in [0.25, 0.3) is 10.1 Å². The van der Waals surface area contributed by atoms with E-state index >= 15 is 0 Å². The van der Waals surface area contributed by atoms with Crippen LogP contribution in [0.25, 0.3) is 22.0 Å².